The number of nitrogens with zero attached hydrogens (tertiary/aromatic N) is 3. The maximum atomic E-state index is 4.22. The first-order valence-corrected chi connectivity index (χ1v) is 5.63. The maximum Gasteiger partial charge on any atom is 0.159 e. The topological polar surface area (TPSA) is 29.0 Å². The molecule has 3 nitrogen and oxygen atoms in total. The van der Waals surface area contributed by atoms with E-state index in [-0.39, 0.29) is 0 Å². The molecule has 87 valence electrons. The zero-order valence-electron chi connectivity index (χ0n) is 10.0. The summed E-state index contributed by atoms with van der Waals surface area (Å²) in [5.41, 5.74) is 2.32. The summed E-state index contributed by atoms with van der Waals surface area (Å²) in [6, 6.07) is 10.2. The quantitative estimate of drug-likeness (QED) is 0.801. The highest BCUT2D eigenvalue weighted by Gasteiger charge is 2.01. The Morgan fingerprint density at radius 2 is 1.76 bits per heavy atom. The van der Waals surface area contributed by atoms with Gasteiger partial charge in [-0.15, -0.1) is 0 Å². The number of hydrogen-bond acceptors (Lipinski definition) is 3. The molecule has 0 amide bonds. The van der Waals surface area contributed by atoms with Crippen LogP contribution in [0.15, 0.2) is 42.7 Å². The van der Waals surface area contributed by atoms with Crippen LogP contribution in [0.1, 0.15) is 5.56 Å². The molecule has 1 aromatic carbocycles. The first-order valence-electron chi connectivity index (χ1n) is 5.63. The number of benzene rings is 1. The zero-order chi connectivity index (χ0) is 12.1. The van der Waals surface area contributed by atoms with Crippen molar-refractivity contribution in [2.45, 2.75) is 6.54 Å². The fraction of sp³-hybridized carbons (Fsp3) is 0.214. The van der Waals surface area contributed by atoms with E-state index in [1.54, 1.807) is 12.4 Å². The Labute approximate surface area is 102 Å². The molecule has 0 saturated carbocycles. The van der Waals surface area contributed by atoms with Crippen molar-refractivity contribution >= 4 is 0 Å². The Morgan fingerprint density at radius 3 is 2.35 bits per heavy atom. The van der Waals surface area contributed by atoms with E-state index in [0.29, 0.717) is 0 Å². The molecule has 0 fully saturated rings. The average Bonchev–Trinajstić information content (AvgIpc) is 2.40. The van der Waals surface area contributed by atoms with Crippen molar-refractivity contribution in [1.82, 2.24) is 14.9 Å². The lowest BCUT2D eigenvalue weighted by atomic mass is 10.1. The van der Waals surface area contributed by atoms with Gasteiger partial charge in [0.1, 0.15) is 0 Å². The van der Waals surface area contributed by atoms with Crippen LogP contribution >= 0.6 is 0 Å². The average molecular weight is 226 g/mol. The molecule has 2 aromatic rings. The van der Waals surface area contributed by atoms with Gasteiger partial charge in [0.05, 0.1) is 0 Å². The summed E-state index contributed by atoms with van der Waals surface area (Å²) in [6.45, 7) is 5.58. The molecule has 17 heavy (non-hydrogen) atoms. The molecule has 0 N–H and O–H groups in total. The molecule has 1 aromatic heterocycles. The molecule has 0 saturated heterocycles. The molecule has 1 heterocycles. The van der Waals surface area contributed by atoms with Crippen LogP contribution in [-0.2, 0) is 6.54 Å². The summed E-state index contributed by atoms with van der Waals surface area (Å²) in [7, 11) is 2.06. The second-order valence-electron chi connectivity index (χ2n) is 4.01. The van der Waals surface area contributed by atoms with E-state index >= 15 is 0 Å². The standard InChI is InChI=1S/C14H16N3/c1-3-17(2)11-12-5-7-13(8-6-12)14-15-9-4-10-16-14/h4-10H,1,3,11H2,2H3. The van der Waals surface area contributed by atoms with Crippen molar-refractivity contribution in [3.8, 4) is 11.4 Å². The van der Waals surface area contributed by atoms with Gasteiger partial charge in [0.2, 0.25) is 0 Å². The van der Waals surface area contributed by atoms with Gasteiger partial charge >= 0.3 is 0 Å². The summed E-state index contributed by atoms with van der Waals surface area (Å²) in [4.78, 5) is 10.6. The molecular weight excluding hydrogens is 210 g/mol. The summed E-state index contributed by atoms with van der Waals surface area (Å²) in [5.74, 6) is 0.768. The Morgan fingerprint density at radius 1 is 1.12 bits per heavy atom. The van der Waals surface area contributed by atoms with Gasteiger partial charge in [-0.25, -0.2) is 9.97 Å². The highest BCUT2D eigenvalue weighted by Crippen LogP contribution is 2.15. The van der Waals surface area contributed by atoms with Gasteiger partial charge in [0.15, 0.2) is 5.82 Å². The molecule has 0 unspecified atom stereocenters. The van der Waals surface area contributed by atoms with E-state index < -0.39 is 0 Å². The Kier molecular flexibility index (Phi) is 3.83. The third-order valence-corrected chi connectivity index (χ3v) is 2.61. The number of aromatic nitrogens is 2. The lowest BCUT2D eigenvalue weighted by Gasteiger charge is -2.13. The lowest BCUT2D eigenvalue weighted by molar-refractivity contribution is 0.362. The van der Waals surface area contributed by atoms with Crippen molar-refractivity contribution in [2.24, 2.45) is 0 Å². The Hall–Kier alpha value is -1.74. The maximum absolute atomic E-state index is 4.22. The molecular formula is C14H16N3. The van der Waals surface area contributed by atoms with Gasteiger partial charge in [0.25, 0.3) is 0 Å². The fourth-order valence-electron chi connectivity index (χ4n) is 1.60. The van der Waals surface area contributed by atoms with E-state index in [1.807, 2.05) is 6.07 Å². The zero-order valence-corrected chi connectivity index (χ0v) is 10.0. The summed E-state index contributed by atoms with van der Waals surface area (Å²) in [5, 5.41) is 0. The molecule has 0 bridgehead atoms. The number of rotatable bonds is 4. The van der Waals surface area contributed by atoms with Crippen molar-refractivity contribution in [2.75, 3.05) is 13.6 Å². The highest BCUT2D eigenvalue weighted by atomic mass is 15.1. The van der Waals surface area contributed by atoms with E-state index in [1.165, 1.54) is 5.56 Å². The van der Waals surface area contributed by atoms with Crippen LogP contribution in [0.25, 0.3) is 11.4 Å². The van der Waals surface area contributed by atoms with Gasteiger partial charge in [0, 0.05) is 24.5 Å². The largest absolute Gasteiger partial charge is 0.302 e. The SMILES string of the molecule is [CH2]CN(C)Cc1ccc(-c2ncccn2)cc1. The molecule has 2 rings (SSSR count). The van der Waals surface area contributed by atoms with Crippen LogP contribution in [0.2, 0.25) is 0 Å². The molecule has 3 heteroatoms. The fourth-order valence-corrected chi connectivity index (χ4v) is 1.60. The van der Waals surface area contributed by atoms with E-state index in [0.717, 1.165) is 24.5 Å². The minimum atomic E-state index is 0.768. The Balaban J connectivity index is 2.13. The van der Waals surface area contributed by atoms with Crippen LogP contribution in [0, 0.1) is 6.92 Å². The van der Waals surface area contributed by atoms with Gasteiger partial charge in [-0.2, -0.15) is 0 Å². The van der Waals surface area contributed by atoms with E-state index in [4.69, 9.17) is 0 Å². The summed E-state index contributed by atoms with van der Waals surface area (Å²) >= 11 is 0. The summed E-state index contributed by atoms with van der Waals surface area (Å²) < 4.78 is 0. The summed E-state index contributed by atoms with van der Waals surface area (Å²) in [6.07, 6.45) is 3.51. The molecule has 1 radical (unpaired) electrons. The predicted octanol–water partition coefficient (Wildman–Crippen LogP) is 2.41. The van der Waals surface area contributed by atoms with Gasteiger partial charge in [-0.3, -0.25) is 0 Å². The predicted molar refractivity (Wildman–Crippen MR) is 69.2 cm³/mol. The van der Waals surface area contributed by atoms with Crippen molar-refractivity contribution in [1.29, 1.82) is 0 Å². The van der Waals surface area contributed by atoms with Crippen molar-refractivity contribution in [3.05, 3.63) is 55.2 Å². The highest BCUT2D eigenvalue weighted by molar-refractivity contribution is 5.54. The minimum absolute atomic E-state index is 0.768. The van der Waals surface area contributed by atoms with Crippen LogP contribution in [-0.4, -0.2) is 28.5 Å². The van der Waals surface area contributed by atoms with E-state index in [2.05, 4.69) is 53.1 Å². The third kappa shape index (κ3) is 3.11. The van der Waals surface area contributed by atoms with Crippen LogP contribution in [0.3, 0.4) is 0 Å². The monoisotopic (exact) mass is 226 g/mol. The lowest BCUT2D eigenvalue weighted by Crippen LogP contribution is -2.16. The molecule has 0 atom stereocenters. The van der Waals surface area contributed by atoms with Gasteiger partial charge in [-0.1, -0.05) is 24.3 Å². The Bertz CT molecular complexity index is 451. The second kappa shape index (κ2) is 5.55. The number of hydrogen-bond donors (Lipinski definition) is 0. The normalized spacial score (nSPS) is 10.8. The first-order chi connectivity index (χ1) is 8.29. The smallest absolute Gasteiger partial charge is 0.159 e. The molecule has 0 spiro atoms. The van der Waals surface area contributed by atoms with Gasteiger partial charge in [-0.05, 0) is 32.1 Å². The minimum Gasteiger partial charge on any atom is -0.302 e. The van der Waals surface area contributed by atoms with Crippen LogP contribution < -0.4 is 0 Å². The first kappa shape index (κ1) is 11.7. The third-order valence-electron chi connectivity index (χ3n) is 2.61. The molecule has 0 aliphatic rings. The van der Waals surface area contributed by atoms with Gasteiger partial charge < -0.3 is 4.90 Å². The van der Waals surface area contributed by atoms with Crippen molar-refractivity contribution in [3.63, 3.8) is 0 Å². The molecule has 0 aliphatic carbocycles. The molecule has 0 aliphatic heterocycles. The van der Waals surface area contributed by atoms with Crippen LogP contribution in [0.5, 0.6) is 0 Å². The van der Waals surface area contributed by atoms with E-state index in [9.17, 15) is 0 Å². The second-order valence-corrected chi connectivity index (χ2v) is 4.01. The van der Waals surface area contributed by atoms with Crippen LogP contribution in [0.4, 0.5) is 0 Å². The van der Waals surface area contributed by atoms with Crippen molar-refractivity contribution < 1.29 is 0 Å².